The highest BCUT2D eigenvalue weighted by Crippen LogP contribution is 2.30. The molecule has 29 heavy (non-hydrogen) atoms. The Morgan fingerprint density at radius 1 is 1.14 bits per heavy atom. The molecule has 8 heteroatoms. The first-order chi connectivity index (χ1) is 14.2. The number of nitrogens with zero attached hydrogens (tertiary/aromatic N) is 5. The van der Waals surface area contributed by atoms with E-state index in [0.717, 1.165) is 27.4 Å². The lowest BCUT2D eigenvalue weighted by molar-refractivity contribution is 0.103. The fourth-order valence-electron chi connectivity index (χ4n) is 3.10. The summed E-state index contributed by atoms with van der Waals surface area (Å²) >= 11 is 1.42. The summed E-state index contributed by atoms with van der Waals surface area (Å²) in [6, 6.07) is 15.5. The van der Waals surface area contributed by atoms with E-state index in [1.807, 2.05) is 66.3 Å². The number of carbonyl (C=O) groups excluding carboxylic acids is 1. The molecule has 0 aliphatic heterocycles. The molecular formula is C21H16N6OS. The van der Waals surface area contributed by atoms with Crippen LogP contribution in [0.2, 0.25) is 0 Å². The van der Waals surface area contributed by atoms with Gasteiger partial charge in [-0.25, -0.2) is 14.6 Å². The van der Waals surface area contributed by atoms with Gasteiger partial charge in [-0.05, 0) is 37.3 Å². The maximum atomic E-state index is 12.8. The monoisotopic (exact) mass is 400 g/mol. The molecule has 0 aliphatic rings. The van der Waals surface area contributed by atoms with Gasteiger partial charge in [-0.1, -0.05) is 18.2 Å². The number of aryl methyl sites for hydroxylation is 1. The van der Waals surface area contributed by atoms with Crippen LogP contribution in [0.3, 0.4) is 0 Å². The number of rotatable bonds is 4. The lowest BCUT2D eigenvalue weighted by atomic mass is 10.3. The van der Waals surface area contributed by atoms with Crippen molar-refractivity contribution in [2.75, 3.05) is 5.32 Å². The number of thiophene rings is 1. The van der Waals surface area contributed by atoms with E-state index in [9.17, 15) is 4.79 Å². The number of anilines is 1. The fourth-order valence-corrected chi connectivity index (χ4v) is 4.18. The largest absolute Gasteiger partial charge is 0.320 e. The molecule has 5 rings (SSSR count). The topological polar surface area (TPSA) is 77.6 Å². The van der Waals surface area contributed by atoms with E-state index in [4.69, 9.17) is 0 Å². The second kappa shape index (κ2) is 6.99. The number of nitrogens with one attached hydrogen (secondary N) is 1. The van der Waals surface area contributed by atoms with Crippen LogP contribution in [0.15, 0.2) is 73.4 Å². The molecule has 0 saturated carbocycles. The van der Waals surface area contributed by atoms with Gasteiger partial charge in [0, 0.05) is 17.8 Å². The molecule has 0 fully saturated rings. The van der Waals surface area contributed by atoms with Crippen LogP contribution in [0.1, 0.15) is 15.4 Å². The summed E-state index contributed by atoms with van der Waals surface area (Å²) < 4.78 is 3.68. The molecule has 1 amide bonds. The Labute approximate surface area is 170 Å². The minimum absolute atomic E-state index is 0.164. The third kappa shape index (κ3) is 3.19. The highest BCUT2D eigenvalue weighted by Gasteiger charge is 2.17. The quantitative estimate of drug-likeness (QED) is 0.490. The number of carbonyl (C=O) groups is 1. The number of hydrogen-bond acceptors (Lipinski definition) is 5. The van der Waals surface area contributed by atoms with E-state index in [0.29, 0.717) is 10.6 Å². The first-order valence-electron chi connectivity index (χ1n) is 8.99. The zero-order valence-corrected chi connectivity index (χ0v) is 16.3. The summed E-state index contributed by atoms with van der Waals surface area (Å²) in [6.07, 6.45) is 6.82. The van der Waals surface area contributed by atoms with Crippen LogP contribution in [-0.4, -0.2) is 30.2 Å². The molecule has 4 aromatic heterocycles. The minimum Gasteiger partial charge on any atom is -0.320 e. The van der Waals surface area contributed by atoms with E-state index in [1.54, 1.807) is 23.3 Å². The molecule has 0 saturated heterocycles. The molecule has 0 unspecified atom stereocenters. The molecule has 0 atom stereocenters. The molecule has 142 valence electrons. The molecular weight excluding hydrogens is 384 g/mol. The summed E-state index contributed by atoms with van der Waals surface area (Å²) in [6.45, 7) is 1.95. The molecule has 4 heterocycles. The predicted octanol–water partition coefficient (Wildman–Crippen LogP) is 4.23. The predicted molar refractivity (Wildman–Crippen MR) is 113 cm³/mol. The van der Waals surface area contributed by atoms with Gasteiger partial charge in [0.1, 0.15) is 17.0 Å². The van der Waals surface area contributed by atoms with E-state index in [1.165, 1.54) is 11.3 Å². The van der Waals surface area contributed by atoms with Gasteiger partial charge in [-0.2, -0.15) is 5.10 Å². The Morgan fingerprint density at radius 2 is 2.00 bits per heavy atom. The normalized spacial score (nSPS) is 11.1. The SMILES string of the molecule is Cc1nn(-c2ccccc2)c2sc(C(=O)Nc3ccc(-n4ccnc4)nc3)cc12. The number of fused-ring (bicyclic) bond motifs is 1. The van der Waals surface area contributed by atoms with Gasteiger partial charge in [0.05, 0.1) is 28.1 Å². The van der Waals surface area contributed by atoms with Crippen molar-refractivity contribution in [3.63, 3.8) is 0 Å². The van der Waals surface area contributed by atoms with Gasteiger partial charge >= 0.3 is 0 Å². The van der Waals surface area contributed by atoms with Crippen LogP contribution in [0.5, 0.6) is 0 Å². The number of pyridine rings is 1. The fraction of sp³-hybridized carbons (Fsp3) is 0.0476. The number of aromatic nitrogens is 5. The lowest BCUT2D eigenvalue weighted by Crippen LogP contribution is -2.10. The van der Waals surface area contributed by atoms with Crippen LogP contribution in [0.4, 0.5) is 5.69 Å². The Bertz CT molecular complexity index is 1290. The molecule has 1 N–H and O–H groups in total. The Balaban J connectivity index is 1.41. The first kappa shape index (κ1) is 17.3. The van der Waals surface area contributed by atoms with Crippen molar-refractivity contribution in [1.29, 1.82) is 0 Å². The average Bonchev–Trinajstić information content (AvgIpc) is 3.48. The van der Waals surface area contributed by atoms with Crippen molar-refractivity contribution in [2.24, 2.45) is 0 Å². The first-order valence-corrected chi connectivity index (χ1v) is 9.81. The highest BCUT2D eigenvalue weighted by atomic mass is 32.1. The van der Waals surface area contributed by atoms with Crippen molar-refractivity contribution in [3.05, 3.63) is 84.0 Å². The van der Waals surface area contributed by atoms with E-state index in [-0.39, 0.29) is 5.91 Å². The smallest absolute Gasteiger partial charge is 0.265 e. The van der Waals surface area contributed by atoms with Gasteiger partial charge in [0.2, 0.25) is 0 Å². The molecule has 1 aromatic carbocycles. The molecule has 0 spiro atoms. The zero-order valence-electron chi connectivity index (χ0n) is 15.5. The van der Waals surface area contributed by atoms with E-state index >= 15 is 0 Å². The van der Waals surface area contributed by atoms with Crippen molar-refractivity contribution < 1.29 is 4.79 Å². The van der Waals surface area contributed by atoms with E-state index in [2.05, 4.69) is 20.4 Å². The third-order valence-corrected chi connectivity index (χ3v) is 5.65. The third-order valence-electron chi connectivity index (χ3n) is 4.54. The van der Waals surface area contributed by atoms with Crippen LogP contribution in [0, 0.1) is 6.92 Å². The van der Waals surface area contributed by atoms with Crippen LogP contribution in [0.25, 0.3) is 21.7 Å². The average molecular weight is 400 g/mol. The van der Waals surface area contributed by atoms with Crippen molar-refractivity contribution in [1.82, 2.24) is 24.3 Å². The molecule has 7 nitrogen and oxygen atoms in total. The standard InChI is InChI=1S/C21H16N6OS/c1-14-17-11-18(29-21(17)27(25-14)16-5-3-2-4-6-16)20(28)24-15-7-8-19(23-12-15)26-10-9-22-13-26/h2-13H,1H3,(H,24,28). The highest BCUT2D eigenvalue weighted by molar-refractivity contribution is 7.20. The van der Waals surface area contributed by atoms with Gasteiger partial charge < -0.3 is 5.32 Å². The summed E-state index contributed by atoms with van der Waals surface area (Å²) in [5, 5.41) is 8.51. The van der Waals surface area contributed by atoms with Crippen LogP contribution in [-0.2, 0) is 0 Å². The second-order valence-corrected chi connectivity index (χ2v) is 7.52. The maximum Gasteiger partial charge on any atom is 0.265 e. The summed E-state index contributed by atoms with van der Waals surface area (Å²) in [5.74, 6) is 0.573. The molecule has 5 aromatic rings. The number of imidazole rings is 1. The van der Waals surface area contributed by atoms with Gasteiger partial charge in [0.15, 0.2) is 0 Å². The van der Waals surface area contributed by atoms with Crippen molar-refractivity contribution >= 4 is 33.1 Å². The maximum absolute atomic E-state index is 12.8. The van der Waals surface area contributed by atoms with Gasteiger partial charge in [0.25, 0.3) is 5.91 Å². The van der Waals surface area contributed by atoms with Gasteiger partial charge in [-0.15, -0.1) is 11.3 Å². The molecule has 0 radical (unpaired) electrons. The summed E-state index contributed by atoms with van der Waals surface area (Å²) in [5.41, 5.74) is 2.50. The minimum atomic E-state index is -0.164. The summed E-state index contributed by atoms with van der Waals surface area (Å²) in [7, 11) is 0. The number of amides is 1. The molecule has 0 bridgehead atoms. The Kier molecular flexibility index (Phi) is 4.18. The van der Waals surface area contributed by atoms with Crippen LogP contribution < -0.4 is 5.32 Å². The Morgan fingerprint density at radius 3 is 2.72 bits per heavy atom. The molecule has 0 aliphatic carbocycles. The van der Waals surface area contributed by atoms with E-state index < -0.39 is 0 Å². The number of para-hydroxylation sites is 1. The number of hydrogen-bond donors (Lipinski definition) is 1. The lowest BCUT2D eigenvalue weighted by Gasteiger charge is -2.05. The number of benzene rings is 1. The Hall–Kier alpha value is -3.78. The second-order valence-electron chi connectivity index (χ2n) is 6.49. The summed E-state index contributed by atoms with van der Waals surface area (Å²) in [4.78, 5) is 22.7. The van der Waals surface area contributed by atoms with Crippen LogP contribution >= 0.6 is 11.3 Å². The van der Waals surface area contributed by atoms with Gasteiger partial charge in [-0.3, -0.25) is 9.36 Å². The van der Waals surface area contributed by atoms with Crippen molar-refractivity contribution in [2.45, 2.75) is 6.92 Å². The van der Waals surface area contributed by atoms with Crippen molar-refractivity contribution in [3.8, 4) is 11.5 Å². The zero-order chi connectivity index (χ0) is 19.8.